The first kappa shape index (κ1) is 20.6. The van der Waals surface area contributed by atoms with E-state index in [-0.39, 0.29) is 18.3 Å². The molecule has 0 aliphatic rings. The monoisotopic (exact) mass is 434 g/mol. The van der Waals surface area contributed by atoms with E-state index in [4.69, 9.17) is 9.47 Å². The standard InChI is InChI=1S/C24H19FN2O3S/c1-29-16-7-6-8-17(13-16)30-14-23(28)26-21-12-5-3-10-19(21)22-15-31-24(27-22)18-9-2-4-11-20(18)25/h2-13,15H,14H2,1H3,(H,26,28). The van der Waals surface area contributed by atoms with Gasteiger partial charge >= 0.3 is 0 Å². The van der Waals surface area contributed by atoms with Crippen LogP contribution in [0.25, 0.3) is 21.8 Å². The maximum Gasteiger partial charge on any atom is 0.262 e. The van der Waals surface area contributed by atoms with Crippen LogP contribution in [0.2, 0.25) is 0 Å². The van der Waals surface area contributed by atoms with Crippen molar-refractivity contribution >= 4 is 22.9 Å². The van der Waals surface area contributed by atoms with Crippen molar-refractivity contribution in [2.45, 2.75) is 0 Å². The van der Waals surface area contributed by atoms with Gasteiger partial charge in [-0.2, -0.15) is 0 Å². The molecule has 0 atom stereocenters. The Hall–Kier alpha value is -3.71. The second-order valence-electron chi connectivity index (χ2n) is 6.58. The number of hydrogen-bond acceptors (Lipinski definition) is 5. The first-order valence-electron chi connectivity index (χ1n) is 9.50. The zero-order valence-corrected chi connectivity index (χ0v) is 17.5. The zero-order valence-electron chi connectivity index (χ0n) is 16.7. The number of methoxy groups -OCH3 is 1. The lowest BCUT2D eigenvalue weighted by Crippen LogP contribution is -2.20. The van der Waals surface area contributed by atoms with Crippen LogP contribution in [-0.2, 0) is 4.79 Å². The van der Waals surface area contributed by atoms with Crippen LogP contribution in [0, 0.1) is 5.82 Å². The molecular formula is C24H19FN2O3S. The second-order valence-corrected chi connectivity index (χ2v) is 7.44. The molecule has 31 heavy (non-hydrogen) atoms. The number of amides is 1. The first-order chi connectivity index (χ1) is 15.1. The molecule has 0 aliphatic heterocycles. The van der Waals surface area contributed by atoms with E-state index in [1.807, 2.05) is 23.6 Å². The van der Waals surface area contributed by atoms with E-state index < -0.39 is 0 Å². The van der Waals surface area contributed by atoms with Crippen LogP contribution < -0.4 is 14.8 Å². The normalized spacial score (nSPS) is 10.5. The number of hydrogen-bond donors (Lipinski definition) is 1. The third kappa shape index (κ3) is 4.90. The SMILES string of the molecule is COc1cccc(OCC(=O)Nc2ccccc2-c2csc(-c3ccccc3F)n2)c1. The van der Waals surface area contributed by atoms with Gasteiger partial charge in [0.1, 0.15) is 22.3 Å². The molecule has 0 fully saturated rings. The summed E-state index contributed by atoms with van der Waals surface area (Å²) in [5.41, 5.74) is 2.46. The number of carbonyl (C=O) groups is 1. The van der Waals surface area contributed by atoms with E-state index in [0.29, 0.717) is 33.5 Å². The van der Waals surface area contributed by atoms with Gasteiger partial charge in [0.2, 0.25) is 0 Å². The lowest BCUT2D eigenvalue weighted by atomic mass is 10.1. The number of aromatic nitrogens is 1. The summed E-state index contributed by atoms with van der Waals surface area (Å²) >= 11 is 1.35. The van der Waals surface area contributed by atoms with Crippen molar-refractivity contribution in [3.05, 3.63) is 84.0 Å². The molecule has 3 aromatic carbocycles. The summed E-state index contributed by atoms with van der Waals surface area (Å²) < 4.78 is 24.8. The molecular weight excluding hydrogens is 415 g/mol. The van der Waals surface area contributed by atoms with Gasteiger partial charge in [0.15, 0.2) is 6.61 Å². The Bertz CT molecular complexity index is 1210. The lowest BCUT2D eigenvalue weighted by Gasteiger charge is -2.11. The minimum absolute atomic E-state index is 0.154. The average Bonchev–Trinajstić information content (AvgIpc) is 3.28. The molecule has 1 amide bonds. The minimum Gasteiger partial charge on any atom is -0.497 e. The number of nitrogens with zero attached hydrogens (tertiary/aromatic N) is 1. The minimum atomic E-state index is -0.320. The number of thiazole rings is 1. The highest BCUT2D eigenvalue weighted by Crippen LogP contribution is 2.33. The number of rotatable bonds is 7. The third-order valence-corrected chi connectivity index (χ3v) is 5.37. The Morgan fingerprint density at radius 1 is 1.00 bits per heavy atom. The molecule has 4 aromatic rings. The van der Waals surface area contributed by atoms with Crippen LogP contribution in [-0.4, -0.2) is 24.6 Å². The summed E-state index contributed by atoms with van der Waals surface area (Å²) in [5.74, 6) is 0.564. The van der Waals surface area contributed by atoms with Gasteiger partial charge in [-0.15, -0.1) is 11.3 Å². The Morgan fingerprint density at radius 3 is 2.55 bits per heavy atom. The van der Waals surface area contributed by atoms with Crippen LogP contribution in [0.5, 0.6) is 11.5 Å². The summed E-state index contributed by atoms with van der Waals surface area (Å²) in [5, 5.41) is 5.29. The highest BCUT2D eigenvalue weighted by Gasteiger charge is 2.14. The number of anilines is 1. The average molecular weight is 434 g/mol. The van der Waals surface area contributed by atoms with Crippen LogP contribution >= 0.6 is 11.3 Å². The fraction of sp³-hybridized carbons (Fsp3) is 0.0833. The number of carbonyl (C=O) groups excluding carboxylic acids is 1. The molecule has 1 heterocycles. The third-order valence-electron chi connectivity index (χ3n) is 4.50. The van der Waals surface area contributed by atoms with Crippen LogP contribution in [0.15, 0.2) is 78.2 Å². The summed E-state index contributed by atoms with van der Waals surface area (Å²) in [6.45, 7) is -0.154. The zero-order chi connectivity index (χ0) is 21.6. The maximum atomic E-state index is 14.1. The largest absolute Gasteiger partial charge is 0.497 e. The topological polar surface area (TPSA) is 60.5 Å². The van der Waals surface area contributed by atoms with Gasteiger partial charge in [-0.3, -0.25) is 4.79 Å². The van der Waals surface area contributed by atoms with Gasteiger partial charge in [-0.25, -0.2) is 9.37 Å². The Balaban J connectivity index is 1.49. The highest BCUT2D eigenvalue weighted by atomic mass is 32.1. The molecule has 0 unspecified atom stereocenters. The molecule has 7 heteroatoms. The molecule has 1 N–H and O–H groups in total. The van der Waals surface area contributed by atoms with Gasteiger partial charge < -0.3 is 14.8 Å². The van der Waals surface area contributed by atoms with Gasteiger partial charge in [-0.05, 0) is 30.3 Å². The summed E-state index contributed by atoms with van der Waals surface area (Å²) in [6.07, 6.45) is 0. The van der Waals surface area contributed by atoms with E-state index >= 15 is 0 Å². The van der Waals surface area contributed by atoms with E-state index in [1.54, 1.807) is 55.6 Å². The smallest absolute Gasteiger partial charge is 0.262 e. The van der Waals surface area contributed by atoms with Crippen LogP contribution in [0.1, 0.15) is 0 Å². The first-order valence-corrected chi connectivity index (χ1v) is 10.4. The molecule has 0 saturated heterocycles. The predicted octanol–water partition coefficient (Wildman–Crippen LogP) is 5.64. The van der Waals surface area contributed by atoms with Crippen LogP contribution in [0.3, 0.4) is 0 Å². The molecule has 156 valence electrons. The van der Waals surface area contributed by atoms with Crippen molar-refractivity contribution in [2.75, 3.05) is 19.0 Å². The number of benzene rings is 3. The Labute approximate surface area is 183 Å². The van der Waals surface area contributed by atoms with Gasteiger partial charge in [0, 0.05) is 22.6 Å². The number of halogens is 1. The van der Waals surface area contributed by atoms with Crippen molar-refractivity contribution < 1.29 is 18.7 Å². The highest BCUT2D eigenvalue weighted by molar-refractivity contribution is 7.13. The quantitative estimate of drug-likeness (QED) is 0.409. The summed E-state index contributed by atoms with van der Waals surface area (Å²) in [4.78, 5) is 17.0. The van der Waals surface area contributed by atoms with Gasteiger partial charge in [0.05, 0.1) is 18.5 Å². The lowest BCUT2D eigenvalue weighted by molar-refractivity contribution is -0.118. The summed E-state index contributed by atoms with van der Waals surface area (Å²) in [7, 11) is 1.57. The Morgan fingerprint density at radius 2 is 1.74 bits per heavy atom. The van der Waals surface area contributed by atoms with Crippen molar-refractivity contribution in [2.24, 2.45) is 0 Å². The van der Waals surface area contributed by atoms with E-state index in [9.17, 15) is 9.18 Å². The van der Waals surface area contributed by atoms with E-state index in [1.165, 1.54) is 17.4 Å². The molecule has 4 rings (SSSR count). The number of para-hydroxylation sites is 1. The van der Waals surface area contributed by atoms with Crippen molar-refractivity contribution in [1.82, 2.24) is 4.98 Å². The molecule has 0 saturated carbocycles. The maximum absolute atomic E-state index is 14.1. The van der Waals surface area contributed by atoms with Crippen molar-refractivity contribution in [1.29, 1.82) is 0 Å². The van der Waals surface area contributed by atoms with E-state index in [0.717, 1.165) is 5.56 Å². The molecule has 0 bridgehead atoms. The van der Waals surface area contributed by atoms with E-state index in [2.05, 4.69) is 10.3 Å². The molecule has 0 aliphatic carbocycles. The molecule has 5 nitrogen and oxygen atoms in total. The van der Waals surface area contributed by atoms with Gasteiger partial charge in [0.25, 0.3) is 5.91 Å². The molecule has 0 spiro atoms. The van der Waals surface area contributed by atoms with Crippen LogP contribution in [0.4, 0.5) is 10.1 Å². The van der Waals surface area contributed by atoms with Crippen molar-refractivity contribution in [3.63, 3.8) is 0 Å². The Kier molecular flexibility index (Phi) is 6.24. The number of nitrogens with one attached hydrogen (secondary N) is 1. The second kappa shape index (κ2) is 9.40. The number of ether oxygens (including phenoxy) is 2. The molecule has 0 radical (unpaired) electrons. The fourth-order valence-electron chi connectivity index (χ4n) is 3.00. The van der Waals surface area contributed by atoms with Gasteiger partial charge in [-0.1, -0.05) is 36.4 Å². The van der Waals surface area contributed by atoms with Crippen molar-refractivity contribution in [3.8, 4) is 33.3 Å². The predicted molar refractivity (Wildman–Crippen MR) is 120 cm³/mol. The fourth-order valence-corrected chi connectivity index (χ4v) is 3.84. The molecule has 1 aromatic heterocycles. The summed E-state index contributed by atoms with van der Waals surface area (Å²) in [6, 6.07) is 20.9.